The summed E-state index contributed by atoms with van der Waals surface area (Å²) >= 11 is 0. The summed E-state index contributed by atoms with van der Waals surface area (Å²) in [6, 6.07) is 18.1. The van der Waals surface area contributed by atoms with Crippen molar-refractivity contribution in [2.45, 2.75) is 11.8 Å². The summed E-state index contributed by atoms with van der Waals surface area (Å²) in [7, 11) is -3.96. The molecule has 0 fully saturated rings. The zero-order chi connectivity index (χ0) is 19.4. The number of anilines is 1. The number of amides is 2. The average Bonchev–Trinajstić information content (AvgIpc) is 2.65. The van der Waals surface area contributed by atoms with E-state index >= 15 is 0 Å². The molecule has 0 heterocycles. The minimum Gasteiger partial charge on any atom is -0.326 e. The monoisotopic (exact) mass is 383 g/mol. The van der Waals surface area contributed by atoms with Gasteiger partial charge in [-0.1, -0.05) is 36.4 Å². The number of hydrogen-bond donors (Lipinski definition) is 3. The number of carbonyl (C=O) groups excluding carboxylic acids is 2. The van der Waals surface area contributed by atoms with Crippen LogP contribution in [-0.4, -0.2) is 20.2 Å². The molecule has 0 aromatic heterocycles. The summed E-state index contributed by atoms with van der Waals surface area (Å²) in [5.41, 5.74) is 3.06. The van der Waals surface area contributed by atoms with E-state index in [1.807, 2.05) is 18.2 Å². The van der Waals surface area contributed by atoms with Crippen LogP contribution in [0.2, 0.25) is 0 Å². The van der Waals surface area contributed by atoms with Crippen molar-refractivity contribution < 1.29 is 18.0 Å². The van der Waals surface area contributed by atoms with Crippen molar-refractivity contribution in [1.29, 1.82) is 0 Å². The molecule has 3 aromatic carbocycles. The van der Waals surface area contributed by atoms with E-state index in [-0.39, 0.29) is 10.8 Å². The highest BCUT2D eigenvalue weighted by molar-refractivity contribution is 7.89. The van der Waals surface area contributed by atoms with Gasteiger partial charge in [0.25, 0.3) is 15.9 Å². The molecular formula is C19H17N3O4S. The molecule has 0 aliphatic rings. The number of sulfonamides is 1. The van der Waals surface area contributed by atoms with Gasteiger partial charge in [-0.05, 0) is 41.1 Å². The highest BCUT2D eigenvalue weighted by Gasteiger charge is 2.17. The normalized spacial score (nSPS) is 11.1. The number of rotatable bonds is 5. The summed E-state index contributed by atoms with van der Waals surface area (Å²) < 4.78 is 24.7. The molecule has 0 aliphatic heterocycles. The van der Waals surface area contributed by atoms with Crippen LogP contribution in [0.4, 0.5) is 5.69 Å². The molecule has 0 aliphatic carbocycles. The smallest absolute Gasteiger partial charge is 0.266 e. The Kier molecular flexibility index (Phi) is 5.20. The minimum absolute atomic E-state index is 0.0465. The Morgan fingerprint density at radius 3 is 2.22 bits per heavy atom. The maximum Gasteiger partial charge on any atom is 0.266 e. The second-order valence-corrected chi connectivity index (χ2v) is 7.47. The average molecular weight is 383 g/mol. The molecule has 0 bridgehead atoms. The zero-order valence-electron chi connectivity index (χ0n) is 14.4. The van der Waals surface area contributed by atoms with Gasteiger partial charge in [-0.2, -0.15) is 0 Å². The molecule has 0 spiro atoms. The van der Waals surface area contributed by atoms with E-state index < -0.39 is 15.9 Å². The summed E-state index contributed by atoms with van der Waals surface area (Å²) in [5, 5.41) is 4.14. The van der Waals surface area contributed by atoms with E-state index in [9.17, 15) is 18.0 Å². The van der Waals surface area contributed by atoms with Gasteiger partial charge in [-0.15, -0.1) is 4.83 Å². The van der Waals surface area contributed by atoms with Crippen LogP contribution >= 0.6 is 0 Å². The fraction of sp³-hybridized carbons (Fsp3) is 0.0526. The topological polar surface area (TPSA) is 104 Å². The van der Waals surface area contributed by atoms with Gasteiger partial charge in [-0.3, -0.25) is 15.0 Å². The number of benzene rings is 3. The van der Waals surface area contributed by atoms with Crippen LogP contribution in [-0.2, 0) is 14.8 Å². The molecule has 0 unspecified atom stereocenters. The Labute approximate surface area is 156 Å². The van der Waals surface area contributed by atoms with E-state index in [1.54, 1.807) is 24.3 Å². The molecule has 2 amide bonds. The van der Waals surface area contributed by atoms with Gasteiger partial charge in [0.15, 0.2) is 0 Å². The third-order valence-corrected chi connectivity index (χ3v) is 5.08. The maximum atomic E-state index is 12.4. The van der Waals surface area contributed by atoms with Gasteiger partial charge < -0.3 is 5.32 Å². The summed E-state index contributed by atoms with van der Waals surface area (Å²) in [6.45, 7) is 1.36. The van der Waals surface area contributed by atoms with Crippen molar-refractivity contribution in [1.82, 2.24) is 10.3 Å². The van der Waals surface area contributed by atoms with E-state index in [2.05, 4.69) is 15.6 Å². The Balaban J connectivity index is 1.74. The lowest BCUT2D eigenvalue weighted by Gasteiger charge is -2.10. The lowest BCUT2D eigenvalue weighted by atomic mass is 10.0. The lowest BCUT2D eigenvalue weighted by molar-refractivity contribution is -0.114. The third-order valence-electron chi connectivity index (χ3n) is 3.82. The molecule has 138 valence electrons. The van der Waals surface area contributed by atoms with Crippen molar-refractivity contribution in [3.63, 3.8) is 0 Å². The first-order valence-electron chi connectivity index (χ1n) is 8.04. The largest absolute Gasteiger partial charge is 0.326 e. The van der Waals surface area contributed by atoms with E-state index in [0.29, 0.717) is 11.3 Å². The quantitative estimate of drug-likeness (QED) is 0.589. The molecule has 0 saturated heterocycles. The predicted octanol–water partition coefficient (Wildman–Crippen LogP) is 2.42. The summed E-state index contributed by atoms with van der Waals surface area (Å²) in [6.07, 6.45) is 0. The summed E-state index contributed by atoms with van der Waals surface area (Å²) in [4.78, 5) is 25.5. The summed E-state index contributed by atoms with van der Waals surface area (Å²) in [5.74, 6) is -0.823. The standard InChI is InChI=1S/C19H17N3O4S/c1-13(23)20-15-9-11-16(12-10-15)27(25,26)22-21-19(24)18-8-4-6-14-5-2-3-7-17(14)18/h2-12,22H,1H3,(H,20,23)(H,21,24). The van der Waals surface area contributed by atoms with Crippen molar-refractivity contribution >= 4 is 38.3 Å². The molecular weight excluding hydrogens is 366 g/mol. The van der Waals surface area contributed by atoms with Crippen LogP contribution in [0.5, 0.6) is 0 Å². The molecule has 7 nitrogen and oxygen atoms in total. The van der Waals surface area contributed by atoms with Crippen LogP contribution in [0.3, 0.4) is 0 Å². The number of fused-ring (bicyclic) bond motifs is 1. The van der Waals surface area contributed by atoms with Gasteiger partial charge in [0.05, 0.1) is 4.90 Å². The van der Waals surface area contributed by atoms with Crippen molar-refractivity contribution in [2.75, 3.05) is 5.32 Å². The van der Waals surface area contributed by atoms with Crippen molar-refractivity contribution in [3.8, 4) is 0 Å². The minimum atomic E-state index is -3.96. The molecule has 0 atom stereocenters. The van der Waals surface area contributed by atoms with Gasteiger partial charge in [-0.25, -0.2) is 8.42 Å². The second kappa shape index (κ2) is 7.56. The van der Waals surface area contributed by atoms with Crippen LogP contribution in [0, 0.1) is 0 Å². The number of nitrogens with one attached hydrogen (secondary N) is 3. The van der Waals surface area contributed by atoms with Crippen molar-refractivity contribution in [2.24, 2.45) is 0 Å². The van der Waals surface area contributed by atoms with Crippen LogP contribution in [0.1, 0.15) is 17.3 Å². The van der Waals surface area contributed by atoms with E-state index in [1.165, 1.54) is 31.2 Å². The predicted molar refractivity (Wildman–Crippen MR) is 102 cm³/mol. The molecule has 0 radical (unpaired) electrons. The fourth-order valence-electron chi connectivity index (χ4n) is 2.58. The molecule has 3 aromatic rings. The van der Waals surface area contributed by atoms with E-state index in [4.69, 9.17) is 0 Å². The zero-order valence-corrected chi connectivity index (χ0v) is 15.2. The fourth-order valence-corrected chi connectivity index (χ4v) is 3.42. The highest BCUT2D eigenvalue weighted by Crippen LogP contribution is 2.18. The lowest BCUT2D eigenvalue weighted by Crippen LogP contribution is -2.41. The van der Waals surface area contributed by atoms with E-state index in [0.717, 1.165) is 10.8 Å². The first-order chi connectivity index (χ1) is 12.9. The van der Waals surface area contributed by atoms with Crippen LogP contribution in [0.25, 0.3) is 10.8 Å². The SMILES string of the molecule is CC(=O)Nc1ccc(S(=O)(=O)NNC(=O)c2cccc3ccccc23)cc1. The second-order valence-electron chi connectivity index (χ2n) is 5.79. The third kappa shape index (κ3) is 4.30. The van der Waals surface area contributed by atoms with Crippen LogP contribution < -0.4 is 15.6 Å². The molecule has 3 rings (SSSR count). The molecule has 8 heteroatoms. The molecule has 27 heavy (non-hydrogen) atoms. The number of hydrogen-bond acceptors (Lipinski definition) is 4. The van der Waals surface area contributed by atoms with Gasteiger partial charge in [0, 0.05) is 18.2 Å². The molecule has 3 N–H and O–H groups in total. The first kappa shape index (κ1) is 18.6. The van der Waals surface area contributed by atoms with Gasteiger partial charge in [0.2, 0.25) is 5.91 Å². The maximum absolute atomic E-state index is 12.4. The first-order valence-corrected chi connectivity index (χ1v) is 9.53. The highest BCUT2D eigenvalue weighted by atomic mass is 32.2. The van der Waals surface area contributed by atoms with Gasteiger partial charge in [0.1, 0.15) is 0 Å². The molecule has 0 saturated carbocycles. The Morgan fingerprint density at radius 1 is 0.852 bits per heavy atom. The van der Waals surface area contributed by atoms with Crippen molar-refractivity contribution in [3.05, 3.63) is 72.3 Å². The number of hydrazine groups is 1. The Morgan fingerprint density at radius 2 is 1.52 bits per heavy atom. The van der Waals surface area contributed by atoms with Gasteiger partial charge >= 0.3 is 0 Å². The number of carbonyl (C=O) groups is 2. The Hall–Kier alpha value is -3.23. The van der Waals surface area contributed by atoms with Crippen LogP contribution in [0.15, 0.2) is 71.6 Å². The Bertz CT molecular complexity index is 1100.